The van der Waals surface area contributed by atoms with Gasteiger partial charge in [-0.05, 0) is 47.4 Å². The van der Waals surface area contributed by atoms with Crippen LogP contribution in [0.15, 0.2) is 146 Å². The largest absolute Gasteiger partial charge is 0.512 e. The number of ketones is 1. The molecule has 0 saturated carbocycles. The third-order valence-corrected chi connectivity index (χ3v) is 8.43. The fraction of sp³-hybridized carbons (Fsp3) is 0.245. The molecule has 6 aromatic rings. The standard InChI is InChI=1S/2C19H16N.C11H20O2.Ir/c2*1-2-15-11-12-20-19(13-15)18-10-6-9-17(14-18)16-7-4-3-5-8-16;1-10(2,3)8(12)7-9(13)11(4,5)6;/h2*3-9,11-14H,2H2,1H3;7,12H,1-6H3;/q2*-1;;/b;;8-7-;/i2D2;;;. The minimum atomic E-state index is -1.38. The molecular formula is C49H52IrN2O2-2. The Balaban J connectivity index is 0.000000231. The summed E-state index contributed by atoms with van der Waals surface area (Å²) < 4.78 is 15.7. The number of carbonyl (C=O) groups is 1. The van der Waals surface area contributed by atoms with Crippen molar-refractivity contribution in [2.24, 2.45) is 10.8 Å². The van der Waals surface area contributed by atoms with Crippen LogP contribution in [-0.2, 0) is 37.7 Å². The van der Waals surface area contributed by atoms with Gasteiger partial charge in [-0.1, -0.05) is 139 Å². The molecule has 0 amide bonds. The zero-order chi connectivity index (χ0) is 40.2. The molecule has 281 valence electrons. The van der Waals surface area contributed by atoms with Crippen molar-refractivity contribution in [3.63, 3.8) is 0 Å². The number of allylic oxidation sites excluding steroid dienone is 2. The molecule has 0 aliphatic rings. The second-order valence-corrected chi connectivity index (χ2v) is 14.7. The Morgan fingerprint density at radius 1 is 0.648 bits per heavy atom. The zero-order valence-electron chi connectivity index (χ0n) is 34.6. The number of hydrogen-bond donors (Lipinski definition) is 1. The maximum absolute atomic E-state index is 11.5. The van der Waals surface area contributed by atoms with Gasteiger partial charge in [0.2, 0.25) is 0 Å². The maximum Gasteiger partial charge on any atom is 0.164 e. The van der Waals surface area contributed by atoms with Gasteiger partial charge in [-0.15, -0.1) is 70.8 Å². The van der Waals surface area contributed by atoms with Crippen molar-refractivity contribution in [3.8, 4) is 44.8 Å². The van der Waals surface area contributed by atoms with E-state index in [2.05, 4.69) is 89.7 Å². The number of carbonyl (C=O) groups excluding carboxylic acids is 1. The Morgan fingerprint density at radius 3 is 1.50 bits per heavy atom. The molecule has 0 aliphatic carbocycles. The van der Waals surface area contributed by atoms with Crippen LogP contribution in [0.2, 0.25) is 0 Å². The molecule has 0 aliphatic heterocycles. The van der Waals surface area contributed by atoms with E-state index in [0.717, 1.165) is 40.1 Å². The molecule has 2 aromatic heterocycles. The number of hydrogen-bond acceptors (Lipinski definition) is 4. The van der Waals surface area contributed by atoms with Gasteiger partial charge < -0.3 is 15.1 Å². The van der Waals surface area contributed by atoms with Gasteiger partial charge >= 0.3 is 0 Å². The summed E-state index contributed by atoms with van der Waals surface area (Å²) in [6.45, 7) is 14.8. The maximum atomic E-state index is 11.5. The Morgan fingerprint density at radius 2 is 1.09 bits per heavy atom. The van der Waals surface area contributed by atoms with Gasteiger partial charge in [0.15, 0.2) is 5.78 Å². The number of aryl methyl sites for hydroxylation is 2. The summed E-state index contributed by atoms with van der Waals surface area (Å²) in [6.07, 6.45) is 4.49. The van der Waals surface area contributed by atoms with Crippen molar-refractivity contribution >= 4 is 5.78 Å². The van der Waals surface area contributed by atoms with E-state index < -0.39 is 11.8 Å². The molecule has 5 heteroatoms. The number of aliphatic hydroxyl groups is 1. The molecule has 4 aromatic carbocycles. The summed E-state index contributed by atoms with van der Waals surface area (Å²) in [6, 6.07) is 46.8. The van der Waals surface area contributed by atoms with Crippen LogP contribution >= 0.6 is 0 Å². The topological polar surface area (TPSA) is 63.1 Å². The van der Waals surface area contributed by atoms with Gasteiger partial charge in [-0.25, -0.2) is 0 Å². The van der Waals surface area contributed by atoms with Crippen LogP contribution in [0.5, 0.6) is 0 Å². The third kappa shape index (κ3) is 13.2. The predicted octanol–water partition coefficient (Wildman–Crippen LogP) is 12.6. The second kappa shape index (κ2) is 20.5. The molecule has 2 heterocycles. The summed E-state index contributed by atoms with van der Waals surface area (Å²) in [5.41, 5.74) is 9.44. The van der Waals surface area contributed by atoms with E-state index in [4.69, 9.17) is 2.74 Å². The molecular weight excluding hydrogens is 841 g/mol. The van der Waals surface area contributed by atoms with Gasteiger partial charge in [0, 0.05) is 52.1 Å². The van der Waals surface area contributed by atoms with E-state index in [-0.39, 0.29) is 37.1 Å². The molecule has 0 spiro atoms. The number of aliphatic hydroxyl groups excluding tert-OH is 1. The first kappa shape index (κ1) is 40.2. The average molecular weight is 895 g/mol. The summed E-state index contributed by atoms with van der Waals surface area (Å²) in [5.74, 6) is 0.104. The van der Waals surface area contributed by atoms with Crippen molar-refractivity contribution < 1.29 is 32.7 Å². The van der Waals surface area contributed by atoms with Crippen LogP contribution in [0.3, 0.4) is 0 Å². The number of rotatable bonds is 7. The van der Waals surface area contributed by atoms with Crippen LogP contribution in [0, 0.1) is 23.0 Å². The van der Waals surface area contributed by atoms with E-state index >= 15 is 0 Å². The monoisotopic (exact) mass is 895 g/mol. The fourth-order valence-corrected chi connectivity index (χ4v) is 4.98. The number of benzene rings is 4. The van der Waals surface area contributed by atoms with Crippen molar-refractivity contribution in [2.75, 3.05) is 0 Å². The molecule has 1 N–H and O–H groups in total. The van der Waals surface area contributed by atoms with Gasteiger partial charge in [0.1, 0.15) is 5.76 Å². The number of aromatic nitrogens is 2. The van der Waals surface area contributed by atoms with Crippen molar-refractivity contribution in [1.82, 2.24) is 9.97 Å². The molecule has 0 unspecified atom stereocenters. The molecule has 0 saturated heterocycles. The summed E-state index contributed by atoms with van der Waals surface area (Å²) in [4.78, 5) is 20.3. The first-order valence-electron chi connectivity index (χ1n) is 19.0. The van der Waals surface area contributed by atoms with Crippen LogP contribution in [0.25, 0.3) is 44.8 Å². The van der Waals surface area contributed by atoms with Crippen LogP contribution in [-0.4, -0.2) is 20.9 Å². The van der Waals surface area contributed by atoms with Crippen LogP contribution in [0.4, 0.5) is 0 Å². The Bertz CT molecular complexity index is 2180. The van der Waals surface area contributed by atoms with Gasteiger partial charge in [-0.3, -0.25) is 4.79 Å². The first-order chi connectivity index (χ1) is 26.0. The van der Waals surface area contributed by atoms with Crippen molar-refractivity contribution in [1.29, 1.82) is 0 Å². The summed E-state index contributed by atoms with van der Waals surface area (Å²) in [7, 11) is 0. The average Bonchev–Trinajstić information content (AvgIpc) is 3.18. The number of pyridine rings is 2. The molecule has 0 atom stereocenters. The van der Waals surface area contributed by atoms with E-state index in [0.29, 0.717) is 5.56 Å². The van der Waals surface area contributed by atoms with Crippen LogP contribution < -0.4 is 0 Å². The minimum Gasteiger partial charge on any atom is -0.512 e. The van der Waals surface area contributed by atoms with Gasteiger partial charge in [-0.2, -0.15) is 0 Å². The normalized spacial score (nSPS) is 12.0. The van der Waals surface area contributed by atoms with E-state index in [9.17, 15) is 9.90 Å². The molecule has 1 radical (unpaired) electrons. The van der Waals surface area contributed by atoms with E-state index in [1.807, 2.05) is 96.3 Å². The van der Waals surface area contributed by atoms with Crippen LogP contribution in [0.1, 0.15) is 69.3 Å². The quantitative estimate of drug-likeness (QED) is 0.0985. The summed E-state index contributed by atoms with van der Waals surface area (Å²) in [5, 5.41) is 9.56. The smallest absolute Gasteiger partial charge is 0.164 e. The summed E-state index contributed by atoms with van der Waals surface area (Å²) >= 11 is 0. The Kier molecular flexibility index (Phi) is 15.3. The number of nitrogens with zero attached hydrogens (tertiary/aromatic N) is 2. The van der Waals surface area contributed by atoms with Gasteiger partial charge in [0.25, 0.3) is 0 Å². The molecule has 54 heavy (non-hydrogen) atoms. The Hall–Kier alpha value is -4.96. The van der Waals surface area contributed by atoms with E-state index in [1.165, 1.54) is 22.8 Å². The predicted molar refractivity (Wildman–Crippen MR) is 221 cm³/mol. The molecule has 0 fully saturated rings. The fourth-order valence-electron chi connectivity index (χ4n) is 4.98. The molecule has 0 bridgehead atoms. The van der Waals surface area contributed by atoms with Gasteiger partial charge in [0.05, 0.1) is 0 Å². The van der Waals surface area contributed by atoms with Crippen molar-refractivity contribution in [2.45, 2.75) is 68.2 Å². The van der Waals surface area contributed by atoms with E-state index in [1.54, 1.807) is 25.3 Å². The SMILES string of the molecule is CC(C)(C)C(=O)/C=C(\O)C(C)(C)C.CCc1ccnc(-c2[c-]ccc(-c3ccccc3)c2)c1.[2H]C([2H])(C)c1ccnc(-c2[c-]ccc(-c3ccccc3)c2)c1.[Ir]. The minimum absolute atomic E-state index is 0. The zero-order valence-corrected chi connectivity index (χ0v) is 35.0. The second-order valence-electron chi connectivity index (χ2n) is 14.7. The molecule has 6 rings (SSSR count). The Labute approximate surface area is 339 Å². The molecule has 4 nitrogen and oxygen atoms in total. The van der Waals surface area contributed by atoms with Crippen molar-refractivity contribution in [3.05, 3.63) is 169 Å². The third-order valence-electron chi connectivity index (χ3n) is 8.43. The first-order valence-corrected chi connectivity index (χ1v) is 18.0.